The Bertz CT molecular complexity index is 3960. The number of fused-ring (bicyclic) bond motifs is 16. The van der Waals surface area contributed by atoms with E-state index in [0.29, 0.717) is 0 Å². The summed E-state index contributed by atoms with van der Waals surface area (Å²) in [7, 11) is 0. The van der Waals surface area contributed by atoms with E-state index in [9.17, 15) is 0 Å². The maximum absolute atomic E-state index is 6.97. The Balaban J connectivity index is 1.18. The van der Waals surface area contributed by atoms with E-state index in [1.165, 1.54) is 76.5 Å². The first kappa shape index (κ1) is 40.1. The van der Waals surface area contributed by atoms with Gasteiger partial charge < -0.3 is 23.2 Å². The number of nitrogens with zero attached hydrogens (tertiary/aromatic N) is 3. The third-order valence-electron chi connectivity index (χ3n) is 16.0. The smallest absolute Gasteiger partial charge is 0.260 e. The summed E-state index contributed by atoms with van der Waals surface area (Å²) in [6.07, 6.45) is 0. The summed E-state index contributed by atoms with van der Waals surface area (Å²) >= 11 is 0. The molecule has 0 fully saturated rings. The van der Waals surface area contributed by atoms with E-state index in [-0.39, 0.29) is 6.71 Å². The molecule has 0 saturated heterocycles. The normalized spacial score (nSPS) is 13.6. The standard InChI is InChI=1S/C63H50BN3O2/c1-61(2,39-23-9-7-10-24-39)65-47-32-18-13-27-42(47)54-58-55(43-28-14-19-33-48(43)66(58)62(3,4)40-25-11-8-12-26-40)60-56(59(54)65)44-29-15-20-34-49(44)67(60)63(5,6)41-37-52-57-53(38-41)69-51-36-22-17-31-46(51)64(57)45-30-16-21-35-50(45)68-52/h7-38H,1-6H3. The van der Waals surface area contributed by atoms with E-state index < -0.39 is 16.6 Å². The van der Waals surface area contributed by atoms with Crippen LogP contribution < -0.4 is 25.9 Å². The quantitative estimate of drug-likeness (QED) is 0.156. The van der Waals surface area contributed by atoms with Gasteiger partial charge in [-0.1, -0.05) is 152 Å². The highest BCUT2D eigenvalue weighted by Gasteiger charge is 2.43. The monoisotopic (exact) mass is 891 g/mol. The largest absolute Gasteiger partial charge is 0.458 e. The molecule has 69 heavy (non-hydrogen) atoms. The molecule has 0 aliphatic carbocycles. The van der Waals surface area contributed by atoms with E-state index in [4.69, 9.17) is 9.47 Å². The predicted octanol–water partition coefficient (Wildman–Crippen LogP) is 14.1. The Morgan fingerprint density at radius 2 is 0.652 bits per heavy atom. The van der Waals surface area contributed by atoms with Crippen LogP contribution in [0.2, 0.25) is 0 Å². The van der Waals surface area contributed by atoms with Gasteiger partial charge in [-0.2, -0.15) is 0 Å². The fourth-order valence-corrected chi connectivity index (χ4v) is 12.7. The topological polar surface area (TPSA) is 33.2 Å². The van der Waals surface area contributed by atoms with Crippen LogP contribution in [0.15, 0.2) is 194 Å². The molecule has 3 aromatic heterocycles. The van der Waals surface area contributed by atoms with Crippen molar-refractivity contribution in [1.29, 1.82) is 0 Å². The van der Waals surface area contributed by atoms with Crippen LogP contribution in [0, 0.1) is 0 Å². The van der Waals surface area contributed by atoms with Crippen LogP contribution in [0.4, 0.5) is 0 Å². The lowest BCUT2D eigenvalue weighted by Crippen LogP contribution is -2.57. The minimum absolute atomic E-state index is 0.00260. The van der Waals surface area contributed by atoms with E-state index in [2.05, 4.69) is 249 Å². The molecule has 14 rings (SSSR count). The van der Waals surface area contributed by atoms with Crippen molar-refractivity contribution < 1.29 is 9.47 Å². The molecule has 12 aromatic rings. The predicted molar refractivity (Wildman–Crippen MR) is 288 cm³/mol. The highest BCUT2D eigenvalue weighted by Crippen LogP contribution is 2.53. The van der Waals surface area contributed by atoms with Gasteiger partial charge in [0.2, 0.25) is 0 Å². The van der Waals surface area contributed by atoms with E-state index >= 15 is 0 Å². The average Bonchev–Trinajstić information content (AvgIpc) is 4.04. The molecule has 0 unspecified atom stereocenters. The fourth-order valence-electron chi connectivity index (χ4n) is 12.7. The third-order valence-corrected chi connectivity index (χ3v) is 16.0. The van der Waals surface area contributed by atoms with Gasteiger partial charge in [0.1, 0.15) is 23.0 Å². The molecule has 2 aliphatic rings. The zero-order chi connectivity index (χ0) is 46.6. The lowest BCUT2D eigenvalue weighted by molar-refractivity contribution is 0.439. The van der Waals surface area contributed by atoms with E-state index in [1.54, 1.807) is 0 Å². The number of hydrogen-bond acceptors (Lipinski definition) is 2. The Hall–Kier alpha value is -7.96. The van der Waals surface area contributed by atoms with Crippen molar-refractivity contribution in [2.75, 3.05) is 0 Å². The zero-order valence-electron chi connectivity index (χ0n) is 39.7. The van der Waals surface area contributed by atoms with E-state index in [1.807, 2.05) is 0 Å². The number of hydrogen-bond donors (Lipinski definition) is 0. The molecule has 0 atom stereocenters. The van der Waals surface area contributed by atoms with Gasteiger partial charge in [0, 0.05) is 54.3 Å². The second kappa shape index (κ2) is 14.1. The third kappa shape index (κ3) is 5.32. The SMILES string of the molecule is CC(C)(c1ccccc1)n1c2ccccc2c2c1c1c3ccccc3n(C(C)(C)c3cc4c5c(c3)Oc3ccccc3B5c3ccccc3O4)c1c1c3ccccc3n(C(C)(C)c3ccccc3)c21. The number of aromatic nitrogens is 3. The van der Waals surface area contributed by atoms with Crippen molar-refractivity contribution >= 4 is 88.5 Å². The van der Waals surface area contributed by atoms with Crippen molar-refractivity contribution in [1.82, 2.24) is 13.7 Å². The molecule has 0 bridgehead atoms. The summed E-state index contributed by atoms with van der Waals surface area (Å²) in [6.45, 7) is 14.3. The summed E-state index contributed by atoms with van der Waals surface area (Å²) in [6, 6.07) is 70.9. The molecule has 5 nitrogen and oxygen atoms in total. The number of para-hydroxylation sites is 5. The maximum atomic E-state index is 6.97. The van der Waals surface area contributed by atoms with Gasteiger partial charge in [-0.3, -0.25) is 0 Å². The summed E-state index contributed by atoms with van der Waals surface area (Å²) < 4.78 is 21.9. The molecule has 0 saturated carbocycles. The molecular weight excluding hydrogens is 842 g/mol. The molecule has 0 N–H and O–H groups in total. The van der Waals surface area contributed by atoms with Crippen molar-refractivity contribution in [2.24, 2.45) is 0 Å². The van der Waals surface area contributed by atoms with Crippen molar-refractivity contribution in [3.8, 4) is 23.0 Å². The number of benzene rings is 9. The second-order valence-electron chi connectivity index (χ2n) is 20.7. The Morgan fingerprint density at radius 3 is 1.04 bits per heavy atom. The number of ether oxygens (including phenoxy) is 2. The van der Waals surface area contributed by atoms with Gasteiger partial charge in [-0.25, -0.2) is 0 Å². The second-order valence-corrected chi connectivity index (χ2v) is 20.7. The first-order valence-corrected chi connectivity index (χ1v) is 24.3. The number of rotatable bonds is 6. The molecule has 6 heteroatoms. The molecule has 9 aromatic carbocycles. The van der Waals surface area contributed by atoms with Crippen LogP contribution >= 0.6 is 0 Å². The van der Waals surface area contributed by atoms with Gasteiger partial charge in [0.15, 0.2) is 0 Å². The highest BCUT2D eigenvalue weighted by molar-refractivity contribution is 6.98. The van der Waals surface area contributed by atoms with Crippen molar-refractivity contribution in [2.45, 2.75) is 58.2 Å². The van der Waals surface area contributed by atoms with Crippen LogP contribution in [-0.4, -0.2) is 20.4 Å². The molecular formula is C63H50BN3O2. The average molecular weight is 892 g/mol. The summed E-state index contributed by atoms with van der Waals surface area (Å²) in [5.74, 6) is 3.45. The van der Waals surface area contributed by atoms with Crippen LogP contribution in [0.3, 0.4) is 0 Å². The minimum atomic E-state index is -0.645. The molecule has 332 valence electrons. The van der Waals surface area contributed by atoms with Crippen LogP contribution in [0.1, 0.15) is 58.2 Å². The maximum Gasteiger partial charge on any atom is 0.260 e. The minimum Gasteiger partial charge on any atom is -0.458 e. The first-order chi connectivity index (χ1) is 33.5. The van der Waals surface area contributed by atoms with Crippen molar-refractivity contribution in [3.05, 3.63) is 211 Å². The molecule has 0 spiro atoms. The highest BCUT2D eigenvalue weighted by atomic mass is 16.5. The molecule has 0 radical (unpaired) electrons. The van der Waals surface area contributed by atoms with E-state index in [0.717, 1.165) is 44.9 Å². The molecule has 5 heterocycles. The Morgan fingerprint density at radius 1 is 0.333 bits per heavy atom. The van der Waals surface area contributed by atoms with Gasteiger partial charge in [0.25, 0.3) is 6.71 Å². The van der Waals surface area contributed by atoms with Gasteiger partial charge >= 0.3 is 0 Å². The summed E-state index contributed by atoms with van der Waals surface area (Å²) in [5.41, 5.74) is 12.7. The van der Waals surface area contributed by atoms with Crippen molar-refractivity contribution in [3.63, 3.8) is 0 Å². The van der Waals surface area contributed by atoms with Gasteiger partial charge in [0.05, 0.1) is 33.2 Å². The summed E-state index contributed by atoms with van der Waals surface area (Å²) in [4.78, 5) is 0. The van der Waals surface area contributed by atoms with Crippen LogP contribution in [-0.2, 0) is 16.6 Å². The molecule has 2 aliphatic heterocycles. The zero-order valence-corrected chi connectivity index (χ0v) is 39.7. The molecule has 0 amide bonds. The van der Waals surface area contributed by atoms with Crippen LogP contribution in [0.5, 0.6) is 23.0 Å². The first-order valence-electron chi connectivity index (χ1n) is 24.3. The van der Waals surface area contributed by atoms with Gasteiger partial charge in [-0.15, -0.1) is 0 Å². The lowest BCUT2D eigenvalue weighted by atomic mass is 9.35. The van der Waals surface area contributed by atoms with Crippen LogP contribution in [0.25, 0.3) is 65.4 Å². The fraction of sp³-hybridized carbons (Fsp3) is 0.143. The van der Waals surface area contributed by atoms with Gasteiger partial charge in [-0.05, 0) is 112 Å². The Labute approximate surface area is 401 Å². The lowest BCUT2D eigenvalue weighted by Gasteiger charge is -2.36. The summed E-state index contributed by atoms with van der Waals surface area (Å²) in [5, 5.41) is 7.44. The Kier molecular flexibility index (Phi) is 8.18.